The van der Waals surface area contributed by atoms with Crippen LogP contribution < -0.4 is 10.6 Å². The van der Waals surface area contributed by atoms with Gasteiger partial charge < -0.3 is 20.7 Å². The molecule has 0 aliphatic carbocycles. The van der Waals surface area contributed by atoms with Crippen LogP contribution in [0.15, 0.2) is 55.0 Å². The zero-order valence-electron chi connectivity index (χ0n) is 16.3. The number of aromatic amines is 1. The highest BCUT2D eigenvalue weighted by Crippen LogP contribution is 2.28. The van der Waals surface area contributed by atoms with E-state index < -0.39 is 5.60 Å². The number of β-amino-alcohol motifs (C(OH)–C–C–N with tert-alkyl or cyclic N) is 1. The van der Waals surface area contributed by atoms with Crippen LogP contribution in [0.3, 0.4) is 0 Å². The lowest BCUT2D eigenvalue weighted by Gasteiger charge is -2.32. The van der Waals surface area contributed by atoms with Gasteiger partial charge >= 0.3 is 0 Å². The minimum absolute atomic E-state index is 0.604. The third kappa shape index (κ3) is 3.81. The van der Waals surface area contributed by atoms with Gasteiger partial charge in [-0.2, -0.15) is 0 Å². The molecule has 0 bridgehead atoms. The smallest absolute Gasteiger partial charge is 0.141 e. The third-order valence-corrected chi connectivity index (χ3v) is 5.84. The van der Waals surface area contributed by atoms with E-state index in [0.29, 0.717) is 6.54 Å². The van der Waals surface area contributed by atoms with Crippen LogP contribution in [0.5, 0.6) is 0 Å². The van der Waals surface area contributed by atoms with Crippen molar-refractivity contribution in [2.24, 2.45) is 0 Å². The number of piperidine rings is 1. The highest BCUT2D eigenvalue weighted by atomic mass is 16.3. The molecule has 1 atom stereocenters. The van der Waals surface area contributed by atoms with Gasteiger partial charge in [0.2, 0.25) is 0 Å². The fourth-order valence-electron chi connectivity index (χ4n) is 4.17. The van der Waals surface area contributed by atoms with Gasteiger partial charge in [0.05, 0.1) is 11.1 Å². The van der Waals surface area contributed by atoms with Crippen LogP contribution in [0.25, 0.3) is 21.8 Å². The van der Waals surface area contributed by atoms with E-state index in [9.17, 15) is 5.11 Å². The van der Waals surface area contributed by atoms with Crippen LogP contribution in [0, 0.1) is 0 Å². The van der Waals surface area contributed by atoms with E-state index in [2.05, 4.69) is 55.9 Å². The normalized spacial score (nSPS) is 19.6. The van der Waals surface area contributed by atoms with Crippen LogP contribution in [-0.4, -0.2) is 38.7 Å². The van der Waals surface area contributed by atoms with Crippen molar-refractivity contribution in [3.63, 3.8) is 0 Å². The fraction of sp³-hybridized carbons (Fsp3) is 0.304. The lowest BCUT2D eigenvalue weighted by atomic mass is 9.88. The Balaban J connectivity index is 1.40. The molecule has 6 nitrogen and oxygen atoms in total. The minimum atomic E-state index is -0.604. The second-order valence-corrected chi connectivity index (χ2v) is 7.98. The largest absolute Gasteiger partial charge is 0.389 e. The third-order valence-electron chi connectivity index (χ3n) is 5.84. The van der Waals surface area contributed by atoms with Crippen LogP contribution in [0.1, 0.15) is 24.8 Å². The van der Waals surface area contributed by atoms with Gasteiger partial charge in [-0.05, 0) is 74.2 Å². The van der Waals surface area contributed by atoms with Crippen molar-refractivity contribution in [3.05, 3.63) is 60.6 Å². The number of rotatable bonds is 5. The standard InChI is InChI=1S/C23H25N5O/c29-23(8-1-10-24-14-23)9-6-16-2-4-21-19(12-16)22(27-15-26-21)28-18-3-5-20-17(13-18)7-11-25-20/h2-5,7,11-13,15,24-25,29H,1,6,8-10,14H2,(H,26,27,28). The summed E-state index contributed by atoms with van der Waals surface area (Å²) >= 11 is 0. The number of aryl methyl sites for hydroxylation is 1. The Labute approximate surface area is 169 Å². The van der Waals surface area contributed by atoms with Gasteiger partial charge in [-0.1, -0.05) is 6.07 Å². The summed E-state index contributed by atoms with van der Waals surface area (Å²) in [5.74, 6) is 0.796. The zero-order chi connectivity index (χ0) is 19.7. The second kappa shape index (κ2) is 7.46. The first-order chi connectivity index (χ1) is 14.2. The molecule has 0 radical (unpaired) electrons. The summed E-state index contributed by atoms with van der Waals surface area (Å²) in [6.45, 7) is 1.68. The number of hydrogen-bond acceptors (Lipinski definition) is 5. The van der Waals surface area contributed by atoms with E-state index in [4.69, 9.17) is 0 Å². The van der Waals surface area contributed by atoms with Gasteiger partial charge in [-0.25, -0.2) is 9.97 Å². The predicted octanol–water partition coefficient (Wildman–Crippen LogP) is 3.90. The van der Waals surface area contributed by atoms with E-state index in [0.717, 1.165) is 65.5 Å². The van der Waals surface area contributed by atoms with Crippen molar-refractivity contribution in [2.45, 2.75) is 31.3 Å². The maximum Gasteiger partial charge on any atom is 0.141 e. The maximum absolute atomic E-state index is 10.8. The molecule has 0 amide bonds. The monoisotopic (exact) mass is 387 g/mol. The van der Waals surface area contributed by atoms with Crippen molar-refractivity contribution in [3.8, 4) is 0 Å². The first-order valence-corrected chi connectivity index (χ1v) is 10.2. The summed E-state index contributed by atoms with van der Waals surface area (Å²) in [5, 5.41) is 19.7. The highest BCUT2D eigenvalue weighted by Gasteiger charge is 2.28. The Hall–Kier alpha value is -2.96. The van der Waals surface area contributed by atoms with Crippen molar-refractivity contribution >= 4 is 33.3 Å². The van der Waals surface area contributed by atoms with Gasteiger partial charge in [0, 0.05) is 34.7 Å². The molecule has 6 heteroatoms. The lowest BCUT2D eigenvalue weighted by molar-refractivity contribution is 0.00889. The van der Waals surface area contributed by atoms with Gasteiger partial charge in [0.15, 0.2) is 0 Å². The molecule has 3 heterocycles. The molecule has 2 aromatic heterocycles. The van der Waals surface area contributed by atoms with E-state index in [1.165, 1.54) is 5.56 Å². The van der Waals surface area contributed by atoms with Crippen LogP contribution in [-0.2, 0) is 6.42 Å². The summed E-state index contributed by atoms with van der Waals surface area (Å²) in [6, 6.07) is 14.6. The number of hydrogen-bond donors (Lipinski definition) is 4. The number of benzene rings is 2. The van der Waals surface area contributed by atoms with E-state index >= 15 is 0 Å². The van der Waals surface area contributed by atoms with Crippen molar-refractivity contribution in [2.75, 3.05) is 18.4 Å². The molecule has 5 rings (SSSR count). The summed E-state index contributed by atoms with van der Waals surface area (Å²) in [7, 11) is 0. The van der Waals surface area contributed by atoms with E-state index in [1.807, 2.05) is 18.3 Å². The number of nitrogens with one attached hydrogen (secondary N) is 3. The Bertz CT molecular complexity index is 1150. The summed E-state index contributed by atoms with van der Waals surface area (Å²) < 4.78 is 0. The number of H-pyrrole nitrogens is 1. The van der Waals surface area contributed by atoms with Gasteiger partial charge in [0.1, 0.15) is 12.1 Å². The van der Waals surface area contributed by atoms with Crippen LogP contribution in [0.4, 0.5) is 11.5 Å². The molecule has 4 N–H and O–H groups in total. The molecule has 1 aliphatic heterocycles. The molecule has 1 unspecified atom stereocenters. The molecule has 2 aromatic carbocycles. The van der Waals surface area contributed by atoms with Crippen LogP contribution in [0.2, 0.25) is 0 Å². The molecule has 0 saturated carbocycles. The summed E-state index contributed by atoms with van der Waals surface area (Å²) in [6.07, 6.45) is 7.02. The molecule has 1 aliphatic rings. The molecule has 1 saturated heterocycles. The first-order valence-electron chi connectivity index (χ1n) is 10.2. The maximum atomic E-state index is 10.8. The Morgan fingerprint density at radius 3 is 2.97 bits per heavy atom. The molecule has 148 valence electrons. The number of anilines is 2. The number of fused-ring (bicyclic) bond motifs is 2. The van der Waals surface area contributed by atoms with E-state index in [-0.39, 0.29) is 0 Å². The fourth-order valence-corrected chi connectivity index (χ4v) is 4.17. The Morgan fingerprint density at radius 2 is 2.07 bits per heavy atom. The zero-order valence-corrected chi connectivity index (χ0v) is 16.3. The molecule has 4 aromatic rings. The molecule has 29 heavy (non-hydrogen) atoms. The average molecular weight is 387 g/mol. The predicted molar refractivity (Wildman–Crippen MR) is 116 cm³/mol. The first kappa shape index (κ1) is 18.1. The van der Waals surface area contributed by atoms with Crippen molar-refractivity contribution in [1.29, 1.82) is 0 Å². The lowest BCUT2D eigenvalue weighted by Crippen LogP contribution is -2.45. The second-order valence-electron chi connectivity index (χ2n) is 7.98. The van der Waals surface area contributed by atoms with Gasteiger partial charge in [0.25, 0.3) is 0 Å². The number of aromatic nitrogens is 3. The van der Waals surface area contributed by atoms with Crippen molar-refractivity contribution in [1.82, 2.24) is 20.3 Å². The molecule has 0 spiro atoms. The van der Waals surface area contributed by atoms with Gasteiger partial charge in [-0.3, -0.25) is 0 Å². The highest BCUT2D eigenvalue weighted by molar-refractivity contribution is 5.92. The topological polar surface area (TPSA) is 85.9 Å². The quantitative estimate of drug-likeness (QED) is 0.417. The Morgan fingerprint density at radius 1 is 1.10 bits per heavy atom. The molecule has 1 fully saturated rings. The summed E-state index contributed by atoms with van der Waals surface area (Å²) in [5.41, 5.74) is 3.60. The number of aliphatic hydroxyl groups is 1. The SMILES string of the molecule is OC1(CCc2ccc3ncnc(Nc4ccc5[nH]ccc5c4)c3c2)CCCNC1. The van der Waals surface area contributed by atoms with E-state index in [1.54, 1.807) is 6.33 Å². The van der Waals surface area contributed by atoms with Gasteiger partial charge in [-0.15, -0.1) is 0 Å². The summed E-state index contributed by atoms with van der Waals surface area (Å²) in [4.78, 5) is 12.1. The van der Waals surface area contributed by atoms with Crippen molar-refractivity contribution < 1.29 is 5.11 Å². The molecular weight excluding hydrogens is 362 g/mol. The Kier molecular flexibility index (Phi) is 4.66. The minimum Gasteiger partial charge on any atom is -0.389 e. The number of nitrogens with zero attached hydrogens (tertiary/aromatic N) is 2. The van der Waals surface area contributed by atoms with Crippen LogP contribution >= 0.6 is 0 Å². The average Bonchev–Trinajstić information content (AvgIpc) is 3.21. The molecular formula is C23H25N5O.